The van der Waals surface area contributed by atoms with Crippen LogP contribution >= 0.6 is 11.3 Å². The van der Waals surface area contributed by atoms with Crippen LogP contribution in [0, 0.1) is 0 Å². The monoisotopic (exact) mass is 658 g/mol. The molecule has 2 saturated heterocycles. The summed E-state index contributed by atoms with van der Waals surface area (Å²) in [4.78, 5) is 71.2. The third kappa shape index (κ3) is 6.88. The van der Waals surface area contributed by atoms with Gasteiger partial charge < -0.3 is 46.7 Å². The molecule has 238 valence electrons. The highest BCUT2D eigenvalue weighted by molar-refractivity contribution is 7.77. The van der Waals surface area contributed by atoms with Crippen molar-refractivity contribution in [3.8, 4) is 5.75 Å². The van der Waals surface area contributed by atoms with E-state index >= 15 is 0 Å². The van der Waals surface area contributed by atoms with Crippen LogP contribution in [0.25, 0.3) is 0 Å². The van der Waals surface area contributed by atoms with Crippen molar-refractivity contribution in [2.45, 2.75) is 37.1 Å². The molecule has 0 aromatic carbocycles. The van der Waals surface area contributed by atoms with E-state index in [0.29, 0.717) is 9.04 Å². The quantitative estimate of drug-likeness (QED) is 0.0408. The number of carboxylic acid groups (broad SMARTS) is 1. The molecule has 20 nitrogen and oxygen atoms in total. The van der Waals surface area contributed by atoms with Gasteiger partial charge in [-0.15, -0.1) is 11.3 Å². The lowest BCUT2D eigenvalue weighted by molar-refractivity contribution is -0.178. The van der Waals surface area contributed by atoms with Crippen LogP contribution in [-0.2, 0) is 41.8 Å². The van der Waals surface area contributed by atoms with Gasteiger partial charge in [-0.1, -0.05) is 5.16 Å². The van der Waals surface area contributed by atoms with E-state index in [-0.39, 0.29) is 49.1 Å². The highest BCUT2D eigenvalue weighted by Gasteiger charge is 2.52. The summed E-state index contributed by atoms with van der Waals surface area (Å²) in [6, 6.07) is -2.70. The zero-order valence-electron chi connectivity index (χ0n) is 22.4. The van der Waals surface area contributed by atoms with E-state index in [1.54, 1.807) is 0 Å². The van der Waals surface area contributed by atoms with E-state index in [2.05, 4.69) is 26.1 Å². The SMILES string of the molecule is Nc1nc(C(=NOC2(C(=O)O)CCOCC2)C(=O)NC2C(=O)N(S(=O)O)C2CNC(=O)NCc2cc(=O)c(O)cn2O)cs1. The molecule has 9 N–H and O–H groups in total. The van der Waals surface area contributed by atoms with Crippen LogP contribution < -0.4 is 27.1 Å². The normalized spacial score (nSPS) is 20.2. The third-order valence-corrected chi connectivity index (χ3v) is 8.06. The average molecular weight is 659 g/mol. The maximum absolute atomic E-state index is 13.3. The molecule has 4 amide bonds. The number of hydrogen-bond acceptors (Lipinski definition) is 14. The number of nitrogens with one attached hydrogen (secondary N) is 3. The first-order chi connectivity index (χ1) is 20.8. The molecule has 0 aliphatic carbocycles. The number of β-lactam (4-membered cyclic amide) rings is 1. The predicted octanol–water partition coefficient (Wildman–Crippen LogP) is -2.48. The van der Waals surface area contributed by atoms with E-state index in [4.69, 9.17) is 15.3 Å². The first kappa shape index (κ1) is 32.1. The van der Waals surface area contributed by atoms with Gasteiger partial charge in [0.25, 0.3) is 23.1 Å². The van der Waals surface area contributed by atoms with Gasteiger partial charge in [0.05, 0.1) is 37.7 Å². The van der Waals surface area contributed by atoms with Gasteiger partial charge in [-0.25, -0.2) is 23.1 Å². The van der Waals surface area contributed by atoms with Crippen molar-refractivity contribution < 1.29 is 52.9 Å². The minimum absolute atomic E-state index is 0.0414. The van der Waals surface area contributed by atoms with Crippen LogP contribution in [0.5, 0.6) is 5.75 Å². The predicted molar refractivity (Wildman–Crippen MR) is 148 cm³/mol. The second kappa shape index (κ2) is 13.2. The molecule has 2 aromatic rings. The van der Waals surface area contributed by atoms with Crippen LogP contribution in [0.2, 0.25) is 0 Å². The molecule has 0 saturated carbocycles. The van der Waals surface area contributed by atoms with E-state index in [9.17, 15) is 48.2 Å². The number of aliphatic carboxylic acids is 1. The lowest BCUT2D eigenvalue weighted by atomic mass is 9.95. The topological polar surface area (TPSA) is 297 Å². The van der Waals surface area contributed by atoms with E-state index in [1.165, 1.54) is 5.38 Å². The Kier molecular flexibility index (Phi) is 9.66. The summed E-state index contributed by atoms with van der Waals surface area (Å²) in [5.41, 5.74) is 2.35. The van der Waals surface area contributed by atoms with Gasteiger partial charge in [0.2, 0.25) is 11.0 Å². The minimum atomic E-state index is -2.83. The molecule has 2 aromatic heterocycles. The molecular weight excluding hydrogens is 632 g/mol. The lowest BCUT2D eigenvalue weighted by Gasteiger charge is -2.44. The molecule has 0 spiro atoms. The van der Waals surface area contributed by atoms with E-state index < -0.39 is 76.2 Å². The number of nitrogens with zero attached hydrogens (tertiary/aromatic N) is 4. The molecule has 22 heteroatoms. The van der Waals surface area contributed by atoms with Crippen molar-refractivity contribution in [2.75, 3.05) is 25.5 Å². The number of nitrogen functional groups attached to an aromatic ring is 1. The fourth-order valence-electron chi connectivity index (χ4n) is 4.18. The Labute approximate surface area is 252 Å². The zero-order chi connectivity index (χ0) is 32.2. The lowest BCUT2D eigenvalue weighted by Crippen LogP contribution is -2.73. The molecule has 3 atom stereocenters. The van der Waals surface area contributed by atoms with Crippen molar-refractivity contribution in [1.82, 2.24) is 30.0 Å². The van der Waals surface area contributed by atoms with Gasteiger partial charge in [0.1, 0.15) is 11.7 Å². The number of carbonyl (C=O) groups excluding carboxylic acids is 3. The minimum Gasteiger partial charge on any atom is -0.503 e. The number of hydrogen-bond donors (Lipinski definition) is 8. The Morgan fingerprint density at radius 2 is 1.98 bits per heavy atom. The number of urea groups is 1. The summed E-state index contributed by atoms with van der Waals surface area (Å²) in [6.45, 7) is -0.702. The van der Waals surface area contributed by atoms with Gasteiger partial charge >= 0.3 is 12.0 Å². The number of rotatable bonds is 11. The number of carbonyl (C=O) groups is 4. The van der Waals surface area contributed by atoms with E-state index in [1.807, 2.05) is 0 Å². The molecule has 44 heavy (non-hydrogen) atoms. The Morgan fingerprint density at radius 1 is 1.27 bits per heavy atom. The molecule has 2 aliphatic heterocycles. The van der Waals surface area contributed by atoms with Gasteiger partial charge in [0, 0.05) is 30.8 Å². The largest absolute Gasteiger partial charge is 0.503 e. The number of aromatic nitrogens is 2. The highest BCUT2D eigenvalue weighted by atomic mass is 32.2. The van der Waals surface area contributed by atoms with Gasteiger partial charge in [0.15, 0.2) is 16.6 Å². The number of anilines is 1. The first-order valence-electron chi connectivity index (χ1n) is 12.5. The number of aromatic hydroxyl groups is 1. The Hall–Kier alpha value is -4.80. The number of carboxylic acids is 1. The summed E-state index contributed by atoms with van der Waals surface area (Å²) in [6.07, 6.45) is 0.584. The van der Waals surface area contributed by atoms with Gasteiger partial charge in [-0.3, -0.25) is 18.9 Å². The smallest absolute Gasteiger partial charge is 0.351 e. The number of thiazole rings is 1. The Bertz CT molecular complexity index is 1570. The third-order valence-electron chi connectivity index (χ3n) is 6.60. The van der Waals surface area contributed by atoms with Crippen molar-refractivity contribution >= 4 is 57.3 Å². The summed E-state index contributed by atoms with van der Waals surface area (Å²) in [5.74, 6) is -4.10. The maximum Gasteiger partial charge on any atom is 0.351 e. The Balaban J connectivity index is 1.46. The molecule has 0 bridgehead atoms. The summed E-state index contributed by atoms with van der Waals surface area (Å²) in [5, 5.41) is 41.0. The van der Waals surface area contributed by atoms with Crippen molar-refractivity contribution in [2.24, 2.45) is 5.16 Å². The zero-order valence-corrected chi connectivity index (χ0v) is 24.0. The number of amides is 4. The molecule has 4 rings (SSSR count). The van der Waals surface area contributed by atoms with Crippen LogP contribution in [0.15, 0.2) is 27.6 Å². The molecule has 3 unspecified atom stereocenters. The fourth-order valence-corrected chi connectivity index (χ4v) is 5.42. The number of ether oxygens (including phenoxy) is 1. The van der Waals surface area contributed by atoms with Gasteiger partial charge in [-0.05, 0) is 0 Å². The molecule has 4 heterocycles. The maximum atomic E-state index is 13.3. The van der Waals surface area contributed by atoms with E-state index in [0.717, 1.165) is 23.6 Å². The van der Waals surface area contributed by atoms with Crippen molar-refractivity contribution in [3.63, 3.8) is 0 Å². The van der Waals surface area contributed by atoms with Crippen LogP contribution in [0.3, 0.4) is 0 Å². The second-order valence-corrected chi connectivity index (χ2v) is 11.1. The highest BCUT2D eigenvalue weighted by Crippen LogP contribution is 2.27. The Morgan fingerprint density at radius 3 is 2.59 bits per heavy atom. The molecular formula is C22H26N8O12S2. The number of pyridine rings is 1. The standard InChI is InChI=1S/C22H26N8O12S2/c23-20-26-11(9-43-20)15(28-42-22(19(35)36)1-3-41-4-2-22)17(33)27-16-12(30(18(16)34)44(39)40)7-25-21(37)24-6-10-5-13(31)14(32)8-29(10)38/h5,8-9,12,16,32,38H,1-4,6-7H2,(H2,23,26)(H,27,33)(H,35,36)(H,39,40)(H2,24,25,37). The fraction of sp³-hybridized carbons (Fsp3) is 0.409. The first-order valence-corrected chi connectivity index (χ1v) is 14.5. The number of oxime groups is 1. The molecule has 0 radical (unpaired) electrons. The second-order valence-electron chi connectivity index (χ2n) is 9.35. The summed E-state index contributed by atoms with van der Waals surface area (Å²) >= 11 is -1.89. The van der Waals surface area contributed by atoms with Crippen LogP contribution in [-0.4, -0.2) is 105 Å². The van der Waals surface area contributed by atoms with Crippen LogP contribution in [0.4, 0.5) is 9.93 Å². The average Bonchev–Trinajstić information content (AvgIpc) is 3.40. The summed E-state index contributed by atoms with van der Waals surface area (Å²) < 4.78 is 27.5. The van der Waals surface area contributed by atoms with Crippen molar-refractivity contribution in [3.05, 3.63) is 39.3 Å². The summed E-state index contributed by atoms with van der Waals surface area (Å²) in [7, 11) is 0. The molecule has 2 aliphatic rings. The molecule has 2 fully saturated rings. The van der Waals surface area contributed by atoms with Crippen molar-refractivity contribution in [1.29, 1.82) is 0 Å². The number of nitrogens with two attached hydrogens (primary N) is 1. The van der Waals surface area contributed by atoms with Gasteiger partial charge in [-0.2, -0.15) is 4.73 Å². The van der Waals surface area contributed by atoms with Crippen LogP contribution in [0.1, 0.15) is 24.2 Å².